The Labute approximate surface area is 78.5 Å². The molecule has 6 heteroatoms. The van der Waals surface area contributed by atoms with Crippen molar-refractivity contribution in [2.45, 2.75) is 6.43 Å². The molecule has 0 spiro atoms. The summed E-state index contributed by atoms with van der Waals surface area (Å²) in [6.45, 7) is 0. The predicted octanol–water partition coefficient (Wildman–Crippen LogP) is 2.18. The molecule has 78 valence electrons. The fourth-order valence-corrected chi connectivity index (χ4v) is 0.952. The second kappa shape index (κ2) is 4.17. The molecule has 1 aromatic rings. The number of methoxy groups -OCH3 is 2. The van der Waals surface area contributed by atoms with E-state index in [4.69, 9.17) is 0 Å². The Morgan fingerprint density at radius 2 is 1.93 bits per heavy atom. The first kappa shape index (κ1) is 10.6. The van der Waals surface area contributed by atoms with Crippen LogP contribution in [0.15, 0.2) is 6.07 Å². The van der Waals surface area contributed by atoms with Crippen molar-refractivity contribution < 1.29 is 22.6 Å². The monoisotopic (exact) mass is 207 g/mol. The average Bonchev–Trinajstić information content (AvgIpc) is 2.15. The number of rotatable bonds is 3. The van der Waals surface area contributed by atoms with Crippen molar-refractivity contribution in [2.24, 2.45) is 0 Å². The molecule has 0 amide bonds. The number of hydrogen-bond acceptors (Lipinski definition) is 3. The normalized spacial score (nSPS) is 10.4. The maximum absolute atomic E-state index is 13.0. The molecular formula is C8H8F3NO2. The van der Waals surface area contributed by atoms with Crippen LogP contribution in [-0.2, 0) is 0 Å². The maximum Gasteiger partial charge on any atom is 0.271 e. The molecule has 0 saturated heterocycles. The number of nitrogens with zero attached hydrogens (tertiary/aromatic N) is 1. The molecule has 0 aliphatic heterocycles. The van der Waals surface area contributed by atoms with Gasteiger partial charge in [0.25, 0.3) is 6.43 Å². The Morgan fingerprint density at radius 3 is 2.36 bits per heavy atom. The minimum atomic E-state index is -2.97. The highest BCUT2D eigenvalue weighted by Crippen LogP contribution is 2.32. The second-order valence-corrected chi connectivity index (χ2v) is 2.37. The van der Waals surface area contributed by atoms with E-state index in [1.54, 1.807) is 0 Å². The first-order valence-electron chi connectivity index (χ1n) is 3.66. The molecule has 0 atom stereocenters. The molecule has 0 unspecified atom stereocenters. The molecule has 0 aromatic carbocycles. The van der Waals surface area contributed by atoms with E-state index in [9.17, 15) is 13.2 Å². The number of aromatic nitrogens is 1. The minimum absolute atomic E-state index is 0.108. The molecule has 1 aromatic heterocycles. The summed E-state index contributed by atoms with van der Waals surface area (Å²) in [6.07, 6.45) is -2.97. The van der Waals surface area contributed by atoms with Crippen LogP contribution in [0.4, 0.5) is 13.2 Å². The highest BCUT2D eigenvalue weighted by molar-refractivity contribution is 5.37. The summed E-state index contributed by atoms with van der Waals surface area (Å²) in [6, 6.07) is 1.10. The molecule has 0 radical (unpaired) electrons. The van der Waals surface area contributed by atoms with Crippen molar-refractivity contribution in [1.82, 2.24) is 4.98 Å². The summed E-state index contributed by atoms with van der Waals surface area (Å²) >= 11 is 0. The molecule has 0 fully saturated rings. The summed E-state index contributed by atoms with van der Waals surface area (Å²) in [4.78, 5) is 3.17. The third kappa shape index (κ3) is 1.89. The third-order valence-electron chi connectivity index (χ3n) is 1.60. The quantitative estimate of drug-likeness (QED) is 0.712. The van der Waals surface area contributed by atoms with E-state index >= 15 is 0 Å². The number of halogens is 3. The van der Waals surface area contributed by atoms with Gasteiger partial charge in [-0.1, -0.05) is 0 Å². The van der Waals surface area contributed by atoms with Gasteiger partial charge in [0.2, 0.25) is 11.8 Å². The molecule has 0 aliphatic rings. The molecule has 1 heterocycles. The Hall–Kier alpha value is -1.46. The van der Waals surface area contributed by atoms with Gasteiger partial charge >= 0.3 is 0 Å². The van der Waals surface area contributed by atoms with Crippen LogP contribution in [-0.4, -0.2) is 19.2 Å². The van der Waals surface area contributed by atoms with E-state index < -0.39 is 17.9 Å². The molecule has 0 saturated carbocycles. The van der Waals surface area contributed by atoms with Crippen LogP contribution in [0, 0.1) is 5.95 Å². The highest BCUT2D eigenvalue weighted by atomic mass is 19.3. The lowest BCUT2D eigenvalue weighted by Crippen LogP contribution is -2.01. The van der Waals surface area contributed by atoms with Crippen molar-refractivity contribution in [3.63, 3.8) is 0 Å². The van der Waals surface area contributed by atoms with Crippen molar-refractivity contribution >= 4 is 0 Å². The van der Waals surface area contributed by atoms with E-state index in [0.29, 0.717) is 0 Å². The summed E-state index contributed by atoms with van der Waals surface area (Å²) in [7, 11) is 2.42. The topological polar surface area (TPSA) is 31.4 Å². The fourth-order valence-electron chi connectivity index (χ4n) is 0.952. The van der Waals surface area contributed by atoms with E-state index in [1.807, 2.05) is 0 Å². The van der Waals surface area contributed by atoms with Gasteiger partial charge in [0.05, 0.1) is 14.2 Å². The van der Waals surface area contributed by atoms with E-state index in [1.165, 1.54) is 14.2 Å². The van der Waals surface area contributed by atoms with Gasteiger partial charge in [-0.25, -0.2) is 8.78 Å². The van der Waals surface area contributed by atoms with Gasteiger partial charge in [0, 0.05) is 6.07 Å². The van der Waals surface area contributed by atoms with Crippen LogP contribution in [0.1, 0.15) is 12.0 Å². The van der Waals surface area contributed by atoms with E-state index in [2.05, 4.69) is 14.5 Å². The van der Waals surface area contributed by atoms with Crippen LogP contribution in [0.25, 0.3) is 0 Å². The summed E-state index contributed by atoms with van der Waals surface area (Å²) < 4.78 is 46.8. The Morgan fingerprint density at radius 1 is 1.29 bits per heavy atom. The second-order valence-electron chi connectivity index (χ2n) is 2.37. The molecule has 0 bridgehead atoms. The fraction of sp³-hybridized carbons (Fsp3) is 0.375. The molecule has 14 heavy (non-hydrogen) atoms. The highest BCUT2D eigenvalue weighted by Gasteiger charge is 2.22. The largest absolute Gasteiger partial charge is 0.496 e. The summed E-state index contributed by atoms with van der Waals surface area (Å²) in [5, 5.41) is 0. The number of hydrogen-bond donors (Lipinski definition) is 0. The summed E-state index contributed by atoms with van der Waals surface area (Å²) in [5.41, 5.74) is -0.853. The maximum atomic E-state index is 13.0. The third-order valence-corrected chi connectivity index (χ3v) is 1.60. The zero-order chi connectivity index (χ0) is 10.7. The molecule has 3 nitrogen and oxygen atoms in total. The van der Waals surface area contributed by atoms with Gasteiger partial charge in [0.1, 0.15) is 11.3 Å². The van der Waals surface area contributed by atoms with Crippen molar-refractivity contribution in [2.75, 3.05) is 14.2 Å². The predicted molar refractivity (Wildman–Crippen MR) is 42.3 cm³/mol. The first-order chi connectivity index (χ1) is 6.60. The molecule has 1 rings (SSSR count). The number of alkyl halides is 2. The van der Waals surface area contributed by atoms with Crippen LogP contribution in [0.3, 0.4) is 0 Å². The van der Waals surface area contributed by atoms with Crippen LogP contribution >= 0.6 is 0 Å². The zero-order valence-electron chi connectivity index (χ0n) is 7.55. The average molecular weight is 207 g/mol. The van der Waals surface area contributed by atoms with E-state index in [0.717, 1.165) is 6.07 Å². The van der Waals surface area contributed by atoms with Gasteiger partial charge in [-0.15, -0.1) is 0 Å². The van der Waals surface area contributed by atoms with Gasteiger partial charge < -0.3 is 9.47 Å². The smallest absolute Gasteiger partial charge is 0.271 e. The van der Waals surface area contributed by atoms with E-state index in [-0.39, 0.29) is 11.6 Å². The minimum Gasteiger partial charge on any atom is -0.496 e. The van der Waals surface area contributed by atoms with Gasteiger partial charge in [0.15, 0.2) is 0 Å². The van der Waals surface area contributed by atoms with Crippen LogP contribution in [0.2, 0.25) is 0 Å². The van der Waals surface area contributed by atoms with Gasteiger partial charge in [-0.3, -0.25) is 0 Å². The Balaban J connectivity index is 3.27. The zero-order valence-corrected chi connectivity index (χ0v) is 7.55. The molecular weight excluding hydrogens is 199 g/mol. The lowest BCUT2D eigenvalue weighted by atomic mass is 10.2. The first-order valence-corrected chi connectivity index (χ1v) is 3.66. The van der Waals surface area contributed by atoms with Gasteiger partial charge in [-0.05, 0) is 0 Å². The molecule has 0 N–H and O–H groups in total. The number of ether oxygens (including phenoxy) is 2. The Kier molecular flexibility index (Phi) is 3.16. The van der Waals surface area contributed by atoms with Crippen molar-refractivity contribution in [3.8, 4) is 11.6 Å². The van der Waals surface area contributed by atoms with Crippen LogP contribution < -0.4 is 9.47 Å². The Bertz CT molecular complexity index is 331. The van der Waals surface area contributed by atoms with Crippen LogP contribution in [0.5, 0.6) is 11.6 Å². The molecule has 0 aliphatic carbocycles. The van der Waals surface area contributed by atoms with Gasteiger partial charge in [-0.2, -0.15) is 9.37 Å². The number of pyridine rings is 1. The standard InChI is InChI=1S/C8H8F3NO2/c1-13-4-3-5(14-2)12-8(11)6(4)7(9)10/h3,7H,1-2H3. The van der Waals surface area contributed by atoms with Crippen molar-refractivity contribution in [3.05, 3.63) is 17.6 Å². The lowest BCUT2D eigenvalue weighted by Gasteiger charge is -2.09. The summed E-state index contributed by atoms with van der Waals surface area (Å²) in [5.74, 6) is -1.66. The SMILES string of the molecule is COc1cc(OC)c(C(F)F)c(F)n1. The van der Waals surface area contributed by atoms with Crippen molar-refractivity contribution in [1.29, 1.82) is 0 Å². The lowest BCUT2D eigenvalue weighted by molar-refractivity contribution is 0.140.